The first-order valence-electron chi connectivity index (χ1n) is 11.7. The van der Waals surface area contributed by atoms with Crippen molar-refractivity contribution in [3.8, 4) is 28.5 Å². The molecule has 176 valence electrons. The van der Waals surface area contributed by atoms with Gasteiger partial charge in [0.2, 0.25) is 0 Å². The summed E-state index contributed by atoms with van der Waals surface area (Å²) in [5.41, 5.74) is 2.49. The van der Waals surface area contributed by atoms with Gasteiger partial charge in [-0.3, -0.25) is 4.57 Å². The number of para-hydroxylation sites is 2. The number of nitrogens with zero attached hydrogens (tertiary/aromatic N) is 2. The van der Waals surface area contributed by atoms with Crippen molar-refractivity contribution in [2.75, 3.05) is 26.4 Å². The fourth-order valence-corrected chi connectivity index (χ4v) is 4.74. The Bertz CT molecular complexity index is 1240. The normalized spacial score (nSPS) is 22.6. The molecule has 0 aliphatic carbocycles. The van der Waals surface area contributed by atoms with Gasteiger partial charge in [0.05, 0.1) is 18.4 Å². The Balaban J connectivity index is 1.20. The first-order valence-corrected chi connectivity index (χ1v) is 11.7. The van der Waals surface area contributed by atoms with Crippen LogP contribution in [0.15, 0.2) is 59.5 Å². The molecule has 6 rings (SSSR count). The smallest absolute Gasteiger partial charge is 0.350 e. The largest absolute Gasteiger partial charge is 0.491 e. The number of fused-ring (bicyclic) bond motifs is 4. The fourth-order valence-electron chi connectivity index (χ4n) is 4.74. The average Bonchev–Trinajstić information content (AvgIpc) is 3.39. The van der Waals surface area contributed by atoms with Gasteiger partial charge in [-0.2, -0.15) is 0 Å². The van der Waals surface area contributed by atoms with Gasteiger partial charge in [-0.1, -0.05) is 12.1 Å². The number of ether oxygens (including phenoxy) is 5. The predicted molar refractivity (Wildman–Crippen MR) is 123 cm³/mol. The zero-order chi connectivity index (χ0) is 22.9. The van der Waals surface area contributed by atoms with Crippen molar-refractivity contribution >= 4 is 0 Å². The second kappa shape index (κ2) is 9.12. The third kappa shape index (κ3) is 4.15. The molecular weight excluding hydrogens is 436 g/mol. The average molecular weight is 463 g/mol. The van der Waals surface area contributed by atoms with Crippen molar-refractivity contribution < 1.29 is 23.7 Å². The highest BCUT2D eigenvalue weighted by Gasteiger charge is 2.29. The standard InChI is InChI=1S/C26H26N2O6/c29-26-27-10-9-22-21-8-7-18(31-14-19-4-3-11-30-19)12-17(21)13-25(28(22)26)33-16-20-15-32-23-5-1-2-6-24(23)34-20/h1-2,5-10,12,19-20,25H,3-4,11,13-16H2. The first-order chi connectivity index (χ1) is 16.7. The van der Waals surface area contributed by atoms with Crippen LogP contribution in [0.4, 0.5) is 0 Å². The Morgan fingerprint density at radius 2 is 1.97 bits per heavy atom. The van der Waals surface area contributed by atoms with Gasteiger partial charge in [-0.25, -0.2) is 9.78 Å². The summed E-state index contributed by atoms with van der Waals surface area (Å²) in [5.74, 6) is 2.22. The third-order valence-electron chi connectivity index (χ3n) is 6.42. The van der Waals surface area contributed by atoms with Crippen LogP contribution in [-0.2, 0) is 15.9 Å². The van der Waals surface area contributed by atoms with Crippen LogP contribution < -0.4 is 19.9 Å². The van der Waals surface area contributed by atoms with Gasteiger partial charge >= 0.3 is 5.69 Å². The Labute approximate surface area is 197 Å². The van der Waals surface area contributed by atoms with E-state index in [4.69, 9.17) is 23.7 Å². The van der Waals surface area contributed by atoms with E-state index in [1.165, 1.54) is 6.20 Å². The van der Waals surface area contributed by atoms with Crippen LogP contribution >= 0.6 is 0 Å². The molecule has 8 heteroatoms. The number of hydrogen-bond acceptors (Lipinski definition) is 7. The lowest BCUT2D eigenvalue weighted by molar-refractivity contribution is -0.0560. The minimum atomic E-state index is -0.502. The third-order valence-corrected chi connectivity index (χ3v) is 6.42. The highest BCUT2D eigenvalue weighted by molar-refractivity contribution is 5.67. The van der Waals surface area contributed by atoms with Crippen molar-refractivity contribution in [2.45, 2.75) is 37.7 Å². The molecule has 0 bridgehead atoms. The minimum Gasteiger partial charge on any atom is -0.491 e. The van der Waals surface area contributed by atoms with Gasteiger partial charge in [0, 0.05) is 24.8 Å². The molecule has 0 N–H and O–H groups in total. The van der Waals surface area contributed by atoms with Gasteiger partial charge < -0.3 is 23.7 Å². The molecule has 3 aliphatic heterocycles. The van der Waals surface area contributed by atoms with Gasteiger partial charge in [0.1, 0.15) is 25.2 Å². The maximum absolute atomic E-state index is 12.7. The van der Waals surface area contributed by atoms with Gasteiger partial charge in [-0.05, 0) is 54.8 Å². The molecule has 0 amide bonds. The lowest BCUT2D eigenvalue weighted by atomic mass is 9.96. The zero-order valence-corrected chi connectivity index (χ0v) is 18.7. The quantitative estimate of drug-likeness (QED) is 0.556. The van der Waals surface area contributed by atoms with E-state index in [2.05, 4.69) is 4.98 Å². The molecule has 3 aliphatic rings. The van der Waals surface area contributed by atoms with E-state index in [0.29, 0.717) is 25.4 Å². The molecule has 1 fully saturated rings. The van der Waals surface area contributed by atoms with Crippen molar-refractivity contribution in [3.63, 3.8) is 0 Å². The molecule has 3 aromatic rings. The van der Waals surface area contributed by atoms with Gasteiger partial charge in [-0.15, -0.1) is 0 Å². The van der Waals surface area contributed by atoms with E-state index in [9.17, 15) is 4.79 Å². The van der Waals surface area contributed by atoms with Crippen LogP contribution in [0.25, 0.3) is 11.3 Å². The van der Waals surface area contributed by atoms with Crippen molar-refractivity contribution in [1.29, 1.82) is 0 Å². The van der Waals surface area contributed by atoms with Crippen LogP contribution in [-0.4, -0.2) is 48.2 Å². The molecular formula is C26H26N2O6. The van der Waals surface area contributed by atoms with Crippen LogP contribution in [0, 0.1) is 0 Å². The van der Waals surface area contributed by atoms with Crippen LogP contribution in [0.5, 0.6) is 17.2 Å². The van der Waals surface area contributed by atoms with E-state index >= 15 is 0 Å². The second-order valence-corrected chi connectivity index (χ2v) is 8.74. The molecule has 3 unspecified atom stereocenters. The van der Waals surface area contributed by atoms with Crippen molar-refractivity contribution in [1.82, 2.24) is 9.55 Å². The summed E-state index contributed by atoms with van der Waals surface area (Å²) in [4.78, 5) is 16.7. The molecule has 0 saturated carbocycles. The molecule has 0 spiro atoms. The van der Waals surface area contributed by atoms with Crippen LogP contribution in [0.1, 0.15) is 24.6 Å². The summed E-state index contributed by atoms with van der Waals surface area (Å²) in [6, 6.07) is 15.4. The lowest BCUT2D eigenvalue weighted by Gasteiger charge is -2.32. The Morgan fingerprint density at radius 3 is 2.85 bits per heavy atom. The Morgan fingerprint density at radius 1 is 1.06 bits per heavy atom. The molecule has 1 saturated heterocycles. The van der Waals surface area contributed by atoms with Gasteiger partial charge in [0.25, 0.3) is 0 Å². The molecule has 2 aromatic carbocycles. The number of benzene rings is 2. The summed E-state index contributed by atoms with van der Waals surface area (Å²) >= 11 is 0. The maximum atomic E-state index is 12.7. The van der Waals surface area contributed by atoms with Crippen molar-refractivity contribution in [2.24, 2.45) is 0 Å². The first kappa shape index (κ1) is 21.2. The number of rotatable bonds is 6. The van der Waals surface area contributed by atoms with E-state index in [1.54, 1.807) is 4.57 Å². The molecule has 0 radical (unpaired) electrons. The van der Waals surface area contributed by atoms with E-state index in [-0.39, 0.29) is 24.5 Å². The SMILES string of the molecule is O=c1nccc2n1C(OCC1COc3ccccc3O1)Cc1cc(OCC3CCCO3)ccc1-2. The monoisotopic (exact) mass is 462 g/mol. The molecule has 8 nitrogen and oxygen atoms in total. The maximum Gasteiger partial charge on any atom is 0.350 e. The molecule has 34 heavy (non-hydrogen) atoms. The van der Waals surface area contributed by atoms with Crippen LogP contribution in [0.3, 0.4) is 0 Å². The molecule has 1 aromatic heterocycles. The predicted octanol–water partition coefficient (Wildman–Crippen LogP) is 3.38. The zero-order valence-electron chi connectivity index (χ0n) is 18.7. The highest BCUT2D eigenvalue weighted by atomic mass is 16.6. The van der Waals surface area contributed by atoms with Gasteiger partial charge in [0.15, 0.2) is 17.6 Å². The summed E-state index contributed by atoms with van der Waals surface area (Å²) in [7, 11) is 0. The van der Waals surface area contributed by atoms with Crippen molar-refractivity contribution in [3.05, 3.63) is 70.8 Å². The van der Waals surface area contributed by atoms with E-state index in [1.807, 2.05) is 48.5 Å². The summed E-state index contributed by atoms with van der Waals surface area (Å²) < 4.78 is 31.4. The molecule has 4 heterocycles. The Kier molecular flexibility index (Phi) is 5.68. The Hall–Kier alpha value is -3.36. The minimum absolute atomic E-state index is 0.153. The molecule has 3 atom stereocenters. The lowest BCUT2D eigenvalue weighted by Crippen LogP contribution is -2.38. The second-order valence-electron chi connectivity index (χ2n) is 8.74. The summed E-state index contributed by atoms with van der Waals surface area (Å²) in [5, 5.41) is 0. The fraction of sp³-hybridized carbons (Fsp3) is 0.385. The summed E-state index contributed by atoms with van der Waals surface area (Å²) in [6.45, 7) is 2.01. The highest BCUT2D eigenvalue weighted by Crippen LogP contribution is 2.36. The number of hydrogen-bond donors (Lipinski definition) is 0. The van der Waals surface area contributed by atoms with E-state index in [0.717, 1.165) is 47.8 Å². The van der Waals surface area contributed by atoms with E-state index < -0.39 is 6.23 Å². The number of aromatic nitrogens is 2. The summed E-state index contributed by atoms with van der Waals surface area (Å²) in [6.07, 6.45) is 3.55. The topological polar surface area (TPSA) is 81.0 Å². The van der Waals surface area contributed by atoms with Crippen LogP contribution in [0.2, 0.25) is 0 Å².